The van der Waals surface area contributed by atoms with Gasteiger partial charge in [0.1, 0.15) is 5.82 Å². The largest absolute Gasteiger partial charge is 0.469 e. The monoisotopic (exact) mass is 386 g/mol. The number of hydrogen-bond donors (Lipinski definition) is 1. The van der Waals surface area contributed by atoms with Gasteiger partial charge in [-0.25, -0.2) is 17.1 Å². The lowest BCUT2D eigenvalue weighted by Crippen LogP contribution is -2.46. The second-order valence-corrected chi connectivity index (χ2v) is 8.34. The number of carbonyl (C=O) groups is 2. The summed E-state index contributed by atoms with van der Waals surface area (Å²) in [6.45, 7) is 0.505. The summed E-state index contributed by atoms with van der Waals surface area (Å²) in [5, 5.41) is 2.78. The molecule has 1 heterocycles. The standard InChI is InChI=1S/C17H23FN2O5S/c1-25-16(21)10-15(12-5-7-14(18)8-6-12)19-17(22)13-4-3-9-20(11-13)26(2,23)24/h5-8,13,15H,3-4,9-11H2,1-2H3,(H,19,22). The molecule has 1 aromatic rings. The Balaban J connectivity index is 2.12. The Bertz CT molecular complexity index is 751. The molecule has 1 aliphatic rings. The lowest BCUT2D eigenvalue weighted by atomic mass is 9.97. The van der Waals surface area contributed by atoms with Gasteiger partial charge in [0.15, 0.2) is 0 Å². The van der Waals surface area contributed by atoms with E-state index in [9.17, 15) is 22.4 Å². The van der Waals surface area contributed by atoms with Crippen LogP contribution in [0.3, 0.4) is 0 Å². The molecule has 2 atom stereocenters. The van der Waals surface area contributed by atoms with E-state index in [1.54, 1.807) is 0 Å². The number of sulfonamides is 1. The molecule has 0 aliphatic carbocycles. The van der Waals surface area contributed by atoms with Gasteiger partial charge in [0, 0.05) is 13.1 Å². The summed E-state index contributed by atoms with van der Waals surface area (Å²) in [5.74, 6) is -1.77. The Kier molecular flexibility index (Phi) is 6.71. The van der Waals surface area contributed by atoms with Gasteiger partial charge in [-0.15, -0.1) is 0 Å². The first-order chi connectivity index (χ1) is 12.2. The summed E-state index contributed by atoms with van der Waals surface area (Å²) in [6.07, 6.45) is 2.16. The van der Waals surface area contributed by atoms with Crippen LogP contribution >= 0.6 is 0 Å². The number of carbonyl (C=O) groups excluding carboxylic acids is 2. The predicted octanol–water partition coefficient (Wildman–Crippen LogP) is 1.22. The van der Waals surface area contributed by atoms with E-state index < -0.39 is 33.8 Å². The van der Waals surface area contributed by atoms with Crippen LogP contribution < -0.4 is 5.32 Å². The molecule has 1 saturated heterocycles. The molecular weight excluding hydrogens is 363 g/mol. The Hall–Kier alpha value is -2.00. The third kappa shape index (κ3) is 5.50. The average molecular weight is 386 g/mol. The van der Waals surface area contributed by atoms with Gasteiger partial charge >= 0.3 is 5.97 Å². The summed E-state index contributed by atoms with van der Waals surface area (Å²) in [6, 6.07) is 4.80. The number of piperidine rings is 1. The first-order valence-corrected chi connectivity index (χ1v) is 10.1. The molecule has 144 valence electrons. The third-order valence-corrected chi connectivity index (χ3v) is 5.68. The highest BCUT2D eigenvalue weighted by Gasteiger charge is 2.31. The zero-order chi connectivity index (χ0) is 19.3. The van der Waals surface area contributed by atoms with Crippen LogP contribution in [-0.2, 0) is 24.3 Å². The van der Waals surface area contributed by atoms with Crippen molar-refractivity contribution in [3.05, 3.63) is 35.6 Å². The molecule has 1 N–H and O–H groups in total. The fraction of sp³-hybridized carbons (Fsp3) is 0.529. The molecule has 0 saturated carbocycles. The molecule has 1 aliphatic heterocycles. The Morgan fingerprint density at radius 3 is 2.58 bits per heavy atom. The highest BCUT2D eigenvalue weighted by atomic mass is 32.2. The minimum Gasteiger partial charge on any atom is -0.469 e. The molecule has 2 unspecified atom stereocenters. The maximum absolute atomic E-state index is 13.1. The maximum atomic E-state index is 13.1. The zero-order valence-corrected chi connectivity index (χ0v) is 15.6. The number of benzene rings is 1. The number of nitrogens with zero attached hydrogens (tertiary/aromatic N) is 1. The SMILES string of the molecule is COC(=O)CC(NC(=O)C1CCCN(S(C)(=O)=O)C1)c1ccc(F)cc1. The van der Waals surface area contributed by atoms with Crippen molar-refractivity contribution in [1.29, 1.82) is 0 Å². The van der Waals surface area contributed by atoms with Gasteiger partial charge in [0.2, 0.25) is 15.9 Å². The van der Waals surface area contributed by atoms with Crippen molar-refractivity contribution < 1.29 is 27.1 Å². The van der Waals surface area contributed by atoms with Crippen molar-refractivity contribution in [3.63, 3.8) is 0 Å². The first-order valence-electron chi connectivity index (χ1n) is 8.28. The van der Waals surface area contributed by atoms with E-state index in [1.165, 1.54) is 35.7 Å². The van der Waals surface area contributed by atoms with Gasteiger partial charge < -0.3 is 10.1 Å². The number of nitrogens with one attached hydrogen (secondary N) is 1. The van der Waals surface area contributed by atoms with E-state index in [0.29, 0.717) is 24.9 Å². The number of hydrogen-bond acceptors (Lipinski definition) is 5. The molecule has 7 nitrogen and oxygen atoms in total. The summed E-state index contributed by atoms with van der Waals surface area (Å²) in [4.78, 5) is 24.3. The van der Waals surface area contributed by atoms with Crippen LogP contribution in [0.2, 0.25) is 0 Å². The van der Waals surface area contributed by atoms with E-state index >= 15 is 0 Å². The number of methoxy groups -OCH3 is 1. The van der Waals surface area contributed by atoms with Crippen molar-refractivity contribution in [1.82, 2.24) is 9.62 Å². The Labute approximate surface area is 152 Å². The van der Waals surface area contributed by atoms with Crippen LogP contribution in [0.1, 0.15) is 30.9 Å². The number of ether oxygens (including phenoxy) is 1. The van der Waals surface area contributed by atoms with Crippen molar-refractivity contribution in [2.75, 3.05) is 26.5 Å². The smallest absolute Gasteiger partial charge is 0.307 e. The molecule has 0 aromatic heterocycles. The molecule has 1 fully saturated rings. The van der Waals surface area contributed by atoms with Crippen molar-refractivity contribution in [2.24, 2.45) is 5.92 Å². The van der Waals surface area contributed by atoms with E-state index in [4.69, 9.17) is 0 Å². The summed E-state index contributed by atoms with van der Waals surface area (Å²) < 4.78 is 42.5. The molecule has 2 rings (SSSR count). The van der Waals surface area contributed by atoms with E-state index in [2.05, 4.69) is 10.1 Å². The van der Waals surface area contributed by atoms with Crippen LogP contribution in [-0.4, -0.2) is 51.1 Å². The quantitative estimate of drug-likeness (QED) is 0.742. The van der Waals surface area contributed by atoms with Crippen molar-refractivity contribution >= 4 is 21.9 Å². The molecule has 0 bridgehead atoms. The molecule has 0 radical (unpaired) electrons. The highest BCUT2D eigenvalue weighted by Crippen LogP contribution is 2.22. The minimum absolute atomic E-state index is 0.101. The number of amides is 1. The average Bonchev–Trinajstić information content (AvgIpc) is 2.61. The number of rotatable bonds is 6. The molecule has 9 heteroatoms. The van der Waals surface area contributed by atoms with Gasteiger partial charge in [-0.2, -0.15) is 0 Å². The lowest BCUT2D eigenvalue weighted by molar-refractivity contribution is -0.141. The summed E-state index contributed by atoms with van der Waals surface area (Å²) in [5.41, 5.74) is 0.570. The molecule has 26 heavy (non-hydrogen) atoms. The number of esters is 1. The van der Waals surface area contributed by atoms with Crippen LogP contribution in [0, 0.1) is 11.7 Å². The van der Waals surface area contributed by atoms with Crippen LogP contribution in [0.5, 0.6) is 0 Å². The van der Waals surface area contributed by atoms with Crippen LogP contribution in [0.4, 0.5) is 4.39 Å². The molecular formula is C17H23FN2O5S. The van der Waals surface area contributed by atoms with Gasteiger partial charge in [0.05, 0.1) is 31.7 Å². The summed E-state index contributed by atoms with van der Waals surface area (Å²) >= 11 is 0. The molecule has 1 amide bonds. The van der Waals surface area contributed by atoms with Gasteiger partial charge in [-0.1, -0.05) is 12.1 Å². The van der Waals surface area contributed by atoms with Crippen LogP contribution in [0.15, 0.2) is 24.3 Å². The second kappa shape index (κ2) is 8.59. The van der Waals surface area contributed by atoms with Gasteiger partial charge in [-0.05, 0) is 30.5 Å². The molecule has 0 spiro atoms. The van der Waals surface area contributed by atoms with Gasteiger partial charge in [0.25, 0.3) is 0 Å². The second-order valence-electron chi connectivity index (χ2n) is 6.35. The normalized spacial score (nSPS) is 19.6. The van der Waals surface area contributed by atoms with E-state index in [-0.39, 0.29) is 18.9 Å². The van der Waals surface area contributed by atoms with Gasteiger partial charge in [-0.3, -0.25) is 9.59 Å². The highest BCUT2D eigenvalue weighted by molar-refractivity contribution is 7.88. The minimum atomic E-state index is -3.36. The Morgan fingerprint density at radius 2 is 2.00 bits per heavy atom. The fourth-order valence-corrected chi connectivity index (χ4v) is 3.86. The third-order valence-electron chi connectivity index (χ3n) is 4.41. The zero-order valence-electron chi connectivity index (χ0n) is 14.8. The van der Waals surface area contributed by atoms with Crippen molar-refractivity contribution in [3.8, 4) is 0 Å². The van der Waals surface area contributed by atoms with E-state index in [0.717, 1.165) is 6.26 Å². The Morgan fingerprint density at radius 1 is 1.35 bits per heavy atom. The fourth-order valence-electron chi connectivity index (χ4n) is 2.94. The first kappa shape index (κ1) is 20.3. The topological polar surface area (TPSA) is 92.8 Å². The predicted molar refractivity (Wildman–Crippen MR) is 93.1 cm³/mol. The molecule has 1 aromatic carbocycles. The maximum Gasteiger partial charge on any atom is 0.307 e. The van der Waals surface area contributed by atoms with Crippen molar-refractivity contribution in [2.45, 2.75) is 25.3 Å². The lowest BCUT2D eigenvalue weighted by Gasteiger charge is -2.31. The van der Waals surface area contributed by atoms with Crippen LogP contribution in [0.25, 0.3) is 0 Å². The number of halogens is 1. The summed E-state index contributed by atoms with van der Waals surface area (Å²) in [7, 11) is -2.12. The van der Waals surface area contributed by atoms with E-state index in [1.807, 2.05) is 0 Å².